The lowest BCUT2D eigenvalue weighted by Crippen LogP contribution is -2.30. The summed E-state index contributed by atoms with van der Waals surface area (Å²) in [4.78, 5) is 38.3. The van der Waals surface area contributed by atoms with Crippen molar-refractivity contribution < 1.29 is 28.6 Å². The summed E-state index contributed by atoms with van der Waals surface area (Å²) in [5.41, 5.74) is 0. The van der Waals surface area contributed by atoms with Crippen molar-refractivity contribution in [3.8, 4) is 0 Å². The molecule has 0 fully saturated rings. The molecule has 0 heterocycles. The molecule has 0 N–H and O–H groups in total. The summed E-state index contributed by atoms with van der Waals surface area (Å²) in [7, 11) is 0. The fourth-order valence-corrected chi connectivity index (χ4v) is 9.14. The third kappa shape index (κ3) is 61.3. The van der Waals surface area contributed by atoms with Crippen molar-refractivity contribution in [2.24, 2.45) is 0 Å². The minimum Gasteiger partial charge on any atom is -0.462 e. The number of hydrogen-bond acceptors (Lipinski definition) is 6. The van der Waals surface area contributed by atoms with E-state index in [0.717, 1.165) is 89.9 Å². The number of carbonyl (C=O) groups excluding carboxylic acids is 3. The number of esters is 3. The van der Waals surface area contributed by atoms with E-state index in [4.69, 9.17) is 14.2 Å². The Bertz CT molecular complexity index is 1430. The van der Waals surface area contributed by atoms with Crippen molar-refractivity contribution in [3.05, 3.63) is 85.1 Å². The van der Waals surface area contributed by atoms with Gasteiger partial charge in [0.25, 0.3) is 0 Å². The van der Waals surface area contributed by atoms with E-state index in [9.17, 15) is 14.4 Å². The molecule has 0 bridgehead atoms. The van der Waals surface area contributed by atoms with Crippen LogP contribution in [-0.2, 0) is 28.6 Å². The Hall–Kier alpha value is -3.41. The molecule has 0 radical (unpaired) electrons. The van der Waals surface area contributed by atoms with Gasteiger partial charge in [-0.1, -0.05) is 311 Å². The summed E-state index contributed by atoms with van der Waals surface area (Å²) in [6.45, 7) is 6.51. The summed E-state index contributed by atoms with van der Waals surface area (Å²) in [6.07, 6.45) is 83.1. The molecule has 6 heteroatoms. The second-order valence-electron chi connectivity index (χ2n) is 21.3. The van der Waals surface area contributed by atoms with Crippen molar-refractivity contribution >= 4 is 17.9 Å². The Morgan fingerprint density at radius 3 is 0.813 bits per heavy atom. The molecule has 0 spiro atoms. The number of rotatable bonds is 58. The van der Waals surface area contributed by atoms with Crippen LogP contribution < -0.4 is 0 Å². The lowest BCUT2D eigenvalue weighted by Gasteiger charge is -2.18. The highest BCUT2D eigenvalue weighted by atomic mass is 16.6. The number of carbonyl (C=O) groups is 3. The van der Waals surface area contributed by atoms with Crippen LogP contribution in [0.4, 0.5) is 0 Å². The highest BCUT2D eigenvalue weighted by Crippen LogP contribution is 2.17. The van der Waals surface area contributed by atoms with Crippen LogP contribution in [0.25, 0.3) is 0 Å². The first-order valence-electron chi connectivity index (χ1n) is 32.1. The van der Waals surface area contributed by atoms with E-state index in [0.29, 0.717) is 19.3 Å². The molecule has 0 aromatic carbocycles. The molecular weight excluding hydrogens is 925 g/mol. The molecule has 0 aromatic rings. The van der Waals surface area contributed by atoms with E-state index in [1.807, 2.05) is 0 Å². The van der Waals surface area contributed by atoms with Gasteiger partial charge in [-0.25, -0.2) is 0 Å². The predicted octanol–water partition coefficient (Wildman–Crippen LogP) is 21.9. The molecule has 0 saturated heterocycles. The van der Waals surface area contributed by atoms with Crippen molar-refractivity contribution in [3.63, 3.8) is 0 Å². The van der Waals surface area contributed by atoms with Crippen LogP contribution in [0, 0.1) is 0 Å². The predicted molar refractivity (Wildman–Crippen MR) is 325 cm³/mol. The normalized spacial score (nSPS) is 12.6. The van der Waals surface area contributed by atoms with Gasteiger partial charge in [-0.15, -0.1) is 0 Å². The molecule has 75 heavy (non-hydrogen) atoms. The second-order valence-corrected chi connectivity index (χ2v) is 21.3. The number of unbranched alkanes of at least 4 members (excludes halogenated alkanes) is 33. The first-order valence-corrected chi connectivity index (χ1v) is 32.1. The molecule has 1 unspecified atom stereocenters. The van der Waals surface area contributed by atoms with Crippen molar-refractivity contribution in [1.82, 2.24) is 0 Å². The summed E-state index contributed by atoms with van der Waals surface area (Å²) in [6, 6.07) is 0. The highest BCUT2D eigenvalue weighted by molar-refractivity contribution is 5.71. The van der Waals surface area contributed by atoms with Gasteiger partial charge in [0.15, 0.2) is 6.10 Å². The van der Waals surface area contributed by atoms with Crippen molar-refractivity contribution in [2.45, 2.75) is 322 Å². The Morgan fingerprint density at radius 2 is 0.520 bits per heavy atom. The van der Waals surface area contributed by atoms with E-state index in [-0.39, 0.29) is 37.5 Å². The van der Waals surface area contributed by atoms with Crippen LogP contribution in [0.5, 0.6) is 0 Å². The van der Waals surface area contributed by atoms with Gasteiger partial charge in [0.1, 0.15) is 13.2 Å². The first-order chi connectivity index (χ1) is 37.0. The minimum absolute atomic E-state index is 0.0905. The first kappa shape index (κ1) is 71.6. The molecule has 0 saturated carbocycles. The number of ether oxygens (including phenoxy) is 3. The fraction of sp³-hybridized carbons (Fsp3) is 0.754. The van der Waals surface area contributed by atoms with E-state index in [1.165, 1.54) is 180 Å². The Labute approximate surface area is 465 Å². The maximum atomic E-state index is 12.9. The summed E-state index contributed by atoms with van der Waals surface area (Å²) in [5, 5.41) is 0. The standard InChI is InChI=1S/C69H120O6/c1-4-7-10-13-16-19-22-25-27-29-31-33-35-37-38-40-42-44-47-50-53-56-59-62-68(71)74-65-66(64-73-67(70)61-58-55-52-49-46-24-21-18-15-12-9-6-3)75-69(72)63-60-57-54-51-48-45-43-41-39-36-34-32-30-28-26-23-20-17-14-11-8-5-2/h7,10,16,19,25,27,31,33,37-38,42,44,50,53,66H,4-6,8-9,11-15,17-18,20-24,26,28-30,32,34-36,39-41,43,45-49,51-52,54-65H2,1-3H3/b10-7-,19-16-,27-25-,33-31-,38-37-,44-42-,53-50-. The maximum Gasteiger partial charge on any atom is 0.306 e. The van der Waals surface area contributed by atoms with Crippen molar-refractivity contribution in [1.29, 1.82) is 0 Å². The fourth-order valence-electron chi connectivity index (χ4n) is 9.14. The second kappa shape index (κ2) is 63.1. The van der Waals surface area contributed by atoms with Gasteiger partial charge in [0.2, 0.25) is 0 Å². The molecule has 432 valence electrons. The van der Waals surface area contributed by atoms with Crippen LogP contribution in [-0.4, -0.2) is 37.2 Å². The van der Waals surface area contributed by atoms with Crippen molar-refractivity contribution in [2.75, 3.05) is 13.2 Å². The number of hydrogen-bond donors (Lipinski definition) is 0. The van der Waals surface area contributed by atoms with Gasteiger partial charge in [0.05, 0.1) is 0 Å². The molecule has 0 amide bonds. The smallest absolute Gasteiger partial charge is 0.306 e. The zero-order valence-electron chi connectivity index (χ0n) is 49.6. The molecule has 0 aromatic heterocycles. The molecule has 0 aliphatic heterocycles. The lowest BCUT2D eigenvalue weighted by molar-refractivity contribution is -0.167. The summed E-state index contributed by atoms with van der Waals surface area (Å²) >= 11 is 0. The van der Waals surface area contributed by atoms with E-state index >= 15 is 0 Å². The molecule has 0 rings (SSSR count). The van der Waals surface area contributed by atoms with Crippen LogP contribution >= 0.6 is 0 Å². The Morgan fingerprint density at radius 1 is 0.280 bits per heavy atom. The summed E-state index contributed by atoms with van der Waals surface area (Å²) < 4.78 is 16.9. The minimum atomic E-state index is -0.798. The Balaban J connectivity index is 4.38. The highest BCUT2D eigenvalue weighted by Gasteiger charge is 2.19. The quantitative estimate of drug-likeness (QED) is 0.0261. The molecule has 0 aliphatic rings. The van der Waals surface area contributed by atoms with Crippen LogP contribution in [0.3, 0.4) is 0 Å². The lowest BCUT2D eigenvalue weighted by atomic mass is 10.0. The zero-order chi connectivity index (χ0) is 54.3. The largest absolute Gasteiger partial charge is 0.462 e. The van der Waals surface area contributed by atoms with Gasteiger partial charge in [0, 0.05) is 19.3 Å². The zero-order valence-corrected chi connectivity index (χ0v) is 49.6. The van der Waals surface area contributed by atoms with Gasteiger partial charge in [-0.05, 0) is 70.6 Å². The third-order valence-corrected chi connectivity index (χ3v) is 13.9. The molecular formula is C69H120O6. The monoisotopic (exact) mass is 1040 g/mol. The average Bonchev–Trinajstić information content (AvgIpc) is 3.41. The van der Waals surface area contributed by atoms with Gasteiger partial charge < -0.3 is 14.2 Å². The maximum absolute atomic E-state index is 12.9. The van der Waals surface area contributed by atoms with Gasteiger partial charge in [-0.3, -0.25) is 14.4 Å². The summed E-state index contributed by atoms with van der Waals surface area (Å²) in [5.74, 6) is -0.938. The van der Waals surface area contributed by atoms with Gasteiger partial charge in [-0.2, -0.15) is 0 Å². The van der Waals surface area contributed by atoms with E-state index in [1.54, 1.807) is 0 Å². The van der Waals surface area contributed by atoms with E-state index in [2.05, 4.69) is 106 Å². The molecule has 0 aliphatic carbocycles. The average molecular weight is 1050 g/mol. The number of allylic oxidation sites excluding steroid dienone is 14. The molecule has 6 nitrogen and oxygen atoms in total. The topological polar surface area (TPSA) is 78.9 Å². The van der Waals surface area contributed by atoms with Crippen LogP contribution in [0.2, 0.25) is 0 Å². The SMILES string of the molecule is CC/C=C\C/C=C\C/C=C\C/C=C\C/C=C\C/C=C\C/C=C\CCCC(=O)OCC(COC(=O)CCCCCCCCCCCCCC)OC(=O)CCCCCCCCCCCCCCCCCCCCCCCC. The van der Waals surface area contributed by atoms with Crippen LogP contribution in [0.1, 0.15) is 316 Å². The Kier molecular flexibility index (Phi) is 60.3. The van der Waals surface area contributed by atoms with Gasteiger partial charge >= 0.3 is 17.9 Å². The van der Waals surface area contributed by atoms with E-state index < -0.39 is 6.10 Å². The third-order valence-electron chi connectivity index (χ3n) is 13.9. The van der Waals surface area contributed by atoms with Crippen LogP contribution in [0.15, 0.2) is 85.1 Å². The molecule has 1 atom stereocenters.